The standard InChI is InChI=1S/C6H6INO/c1-5-3-2-4-6(7)8(5)9/h2-4H,1H3. The Morgan fingerprint density at radius 1 is 1.56 bits per heavy atom. The molecule has 9 heavy (non-hydrogen) atoms. The van der Waals surface area contributed by atoms with Crippen LogP contribution in [0.2, 0.25) is 0 Å². The summed E-state index contributed by atoms with van der Waals surface area (Å²) in [5.74, 6) is 0. The molecular formula is C6H6INO. The average molecular weight is 235 g/mol. The molecule has 0 saturated heterocycles. The highest BCUT2D eigenvalue weighted by Crippen LogP contribution is 1.97. The average Bonchev–Trinajstić information content (AvgIpc) is 1.83. The first-order chi connectivity index (χ1) is 4.22. The molecule has 0 fully saturated rings. The first-order valence-corrected chi connectivity index (χ1v) is 3.64. The van der Waals surface area contributed by atoms with Crippen molar-refractivity contribution in [3.8, 4) is 0 Å². The highest BCUT2D eigenvalue weighted by atomic mass is 127. The lowest BCUT2D eigenvalue weighted by Gasteiger charge is -1.99. The van der Waals surface area contributed by atoms with E-state index < -0.39 is 0 Å². The second-order valence-electron chi connectivity index (χ2n) is 1.78. The smallest absolute Gasteiger partial charge is 0.252 e. The number of halogens is 1. The van der Waals surface area contributed by atoms with Gasteiger partial charge in [0.1, 0.15) is 0 Å². The van der Waals surface area contributed by atoms with Crippen molar-refractivity contribution in [2.45, 2.75) is 6.92 Å². The molecule has 0 spiro atoms. The molecule has 0 unspecified atom stereocenters. The molecule has 0 atom stereocenters. The summed E-state index contributed by atoms with van der Waals surface area (Å²) in [5.41, 5.74) is 0.738. The molecule has 0 aliphatic carbocycles. The van der Waals surface area contributed by atoms with Gasteiger partial charge in [-0.15, -0.1) is 0 Å². The molecule has 0 saturated carbocycles. The van der Waals surface area contributed by atoms with Gasteiger partial charge in [-0.3, -0.25) is 0 Å². The molecule has 1 aromatic rings. The van der Waals surface area contributed by atoms with Gasteiger partial charge in [-0.25, -0.2) is 0 Å². The number of hydrogen-bond donors (Lipinski definition) is 0. The Balaban J connectivity index is 3.25. The van der Waals surface area contributed by atoms with E-state index in [1.54, 1.807) is 19.1 Å². The summed E-state index contributed by atoms with van der Waals surface area (Å²) in [5, 5.41) is 10.9. The van der Waals surface area contributed by atoms with Gasteiger partial charge in [0.05, 0.1) is 0 Å². The van der Waals surface area contributed by atoms with Crippen LogP contribution in [0.3, 0.4) is 0 Å². The Labute approximate surface area is 67.2 Å². The maximum Gasteiger partial charge on any atom is 0.252 e. The molecule has 0 amide bonds. The SMILES string of the molecule is Cc1cccc(I)[n+]1[O-]. The van der Waals surface area contributed by atoms with Crippen LogP contribution in [0, 0.1) is 15.8 Å². The van der Waals surface area contributed by atoms with E-state index in [9.17, 15) is 5.21 Å². The Morgan fingerprint density at radius 2 is 2.22 bits per heavy atom. The molecule has 0 bridgehead atoms. The van der Waals surface area contributed by atoms with Gasteiger partial charge in [-0.1, -0.05) is 0 Å². The molecule has 0 aliphatic heterocycles. The van der Waals surface area contributed by atoms with E-state index in [1.165, 1.54) is 0 Å². The van der Waals surface area contributed by atoms with Crippen LogP contribution in [0.5, 0.6) is 0 Å². The van der Waals surface area contributed by atoms with Crippen molar-refractivity contribution in [1.29, 1.82) is 0 Å². The van der Waals surface area contributed by atoms with Gasteiger partial charge >= 0.3 is 0 Å². The van der Waals surface area contributed by atoms with Crippen molar-refractivity contribution in [3.05, 3.63) is 32.8 Å². The lowest BCUT2D eigenvalue weighted by atomic mass is 10.4. The van der Waals surface area contributed by atoms with E-state index >= 15 is 0 Å². The van der Waals surface area contributed by atoms with Crippen molar-refractivity contribution < 1.29 is 4.73 Å². The molecule has 48 valence electrons. The van der Waals surface area contributed by atoms with Crippen molar-refractivity contribution in [3.63, 3.8) is 0 Å². The maximum atomic E-state index is 10.9. The predicted octanol–water partition coefficient (Wildman–Crippen LogP) is 1.23. The quantitative estimate of drug-likeness (QED) is 0.287. The third kappa shape index (κ3) is 1.32. The highest BCUT2D eigenvalue weighted by molar-refractivity contribution is 14.1. The van der Waals surface area contributed by atoms with Crippen LogP contribution >= 0.6 is 22.6 Å². The lowest BCUT2D eigenvalue weighted by molar-refractivity contribution is -0.625. The van der Waals surface area contributed by atoms with Gasteiger partial charge in [-0.2, -0.15) is 4.73 Å². The second-order valence-corrected chi connectivity index (χ2v) is 2.89. The minimum Gasteiger partial charge on any atom is -0.618 e. The zero-order valence-electron chi connectivity index (χ0n) is 4.97. The van der Waals surface area contributed by atoms with Gasteiger partial charge in [-0.05, 0) is 6.07 Å². The monoisotopic (exact) mass is 235 g/mol. The van der Waals surface area contributed by atoms with Crippen LogP contribution in [0.4, 0.5) is 0 Å². The summed E-state index contributed by atoms with van der Waals surface area (Å²) in [4.78, 5) is 0. The van der Waals surface area contributed by atoms with Crippen molar-refractivity contribution in [1.82, 2.24) is 0 Å². The fraction of sp³-hybridized carbons (Fsp3) is 0.167. The van der Waals surface area contributed by atoms with Crippen molar-refractivity contribution in [2.75, 3.05) is 0 Å². The Kier molecular flexibility index (Phi) is 1.90. The zero-order chi connectivity index (χ0) is 6.85. The summed E-state index contributed by atoms with van der Waals surface area (Å²) in [6.45, 7) is 1.79. The van der Waals surface area contributed by atoms with Gasteiger partial charge in [0.15, 0.2) is 5.69 Å². The summed E-state index contributed by atoms with van der Waals surface area (Å²) in [7, 11) is 0. The van der Waals surface area contributed by atoms with E-state index in [-0.39, 0.29) is 0 Å². The second kappa shape index (κ2) is 2.51. The maximum absolute atomic E-state index is 10.9. The van der Waals surface area contributed by atoms with Crippen LogP contribution < -0.4 is 4.73 Å². The molecule has 0 aliphatic rings. The predicted molar refractivity (Wildman–Crippen MR) is 42.9 cm³/mol. The fourth-order valence-corrected chi connectivity index (χ4v) is 1.16. The minimum atomic E-state index is 0.715. The number of nitrogens with zero attached hydrogens (tertiary/aromatic N) is 1. The topological polar surface area (TPSA) is 26.9 Å². The molecule has 2 nitrogen and oxygen atoms in total. The molecule has 0 aromatic carbocycles. The number of aryl methyl sites for hydroxylation is 1. The normalized spacial score (nSPS) is 9.56. The Morgan fingerprint density at radius 3 is 2.67 bits per heavy atom. The van der Waals surface area contributed by atoms with Crippen LogP contribution in [0.1, 0.15) is 5.69 Å². The van der Waals surface area contributed by atoms with Crippen LogP contribution in [-0.4, -0.2) is 0 Å². The highest BCUT2D eigenvalue weighted by Gasteiger charge is 1.99. The summed E-state index contributed by atoms with van der Waals surface area (Å²) >= 11 is 2.00. The van der Waals surface area contributed by atoms with Gasteiger partial charge in [0.25, 0.3) is 3.70 Å². The third-order valence-corrected chi connectivity index (χ3v) is 1.88. The first kappa shape index (κ1) is 6.80. The van der Waals surface area contributed by atoms with Gasteiger partial charge < -0.3 is 5.21 Å². The van der Waals surface area contributed by atoms with E-state index in [0.29, 0.717) is 3.70 Å². The summed E-state index contributed by atoms with van der Waals surface area (Å²) < 4.78 is 1.62. The number of pyridine rings is 1. The van der Waals surface area contributed by atoms with Crippen LogP contribution in [0.25, 0.3) is 0 Å². The van der Waals surface area contributed by atoms with Gasteiger partial charge in [0, 0.05) is 41.6 Å². The summed E-state index contributed by atoms with van der Waals surface area (Å²) in [6, 6.07) is 5.43. The van der Waals surface area contributed by atoms with Crippen LogP contribution in [-0.2, 0) is 0 Å². The number of hydrogen-bond acceptors (Lipinski definition) is 1. The number of rotatable bonds is 0. The lowest BCUT2D eigenvalue weighted by Crippen LogP contribution is -2.33. The first-order valence-electron chi connectivity index (χ1n) is 2.56. The fourth-order valence-electron chi connectivity index (χ4n) is 0.571. The summed E-state index contributed by atoms with van der Waals surface area (Å²) in [6.07, 6.45) is 0. The molecular weight excluding hydrogens is 229 g/mol. The molecule has 1 heterocycles. The zero-order valence-corrected chi connectivity index (χ0v) is 7.12. The Bertz CT molecular complexity index is 204. The van der Waals surface area contributed by atoms with E-state index in [0.717, 1.165) is 10.4 Å². The Hall–Kier alpha value is -0.320. The molecule has 0 radical (unpaired) electrons. The van der Waals surface area contributed by atoms with E-state index in [2.05, 4.69) is 0 Å². The minimum absolute atomic E-state index is 0.715. The third-order valence-electron chi connectivity index (χ3n) is 1.09. The van der Waals surface area contributed by atoms with Crippen molar-refractivity contribution in [2.24, 2.45) is 0 Å². The number of aromatic nitrogens is 1. The van der Waals surface area contributed by atoms with E-state index in [4.69, 9.17) is 0 Å². The molecule has 1 aromatic heterocycles. The molecule has 1 rings (SSSR count). The molecule has 0 N–H and O–H groups in total. The van der Waals surface area contributed by atoms with E-state index in [1.807, 2.05) is 28.7 Å². The van der Waals surface area contributed by atoms with Gasteiger partial charge in [0.2, 0.25) is 0 Å². The molecule has 3 heteroatoms. The van der Waals surface area contributed by atoms with Crippen LogP contribution in [0.15, 0.2) is 18.2 Å². The largest absolute Gasteiger partial charge is 0.618 e. The van der Waals surface area contributed by atoms with Crippen molar-refractivity contribution >= 4 is 22.6 Å².